The minimum atomic E-state index is -0.487. The van der Waals surface area contributed by atoms with Gasteiger partial charge in [0, 0.05) is 23.5 Å². The van der Waals surface area contributed by atoms with Crippen LogP contribution in [0.25, 0.3) is 0 Å². The Labute approximate surface area is 104 Å². The molecule has 3 nitrogen and oxygen atoms in total. The molecular formula is C14H22N2O. The van der Waals surface area contributed by atoms with E-state index in [0.29, 0.717) is 5.92 Å². The molecule has 1 aromatic heterocycles. The van der Waals surface area contributed by atoms with Gasteiger partial charge in [-0.3, -0.25) is 0 Å². The van der Waals surface area contributed by atoms with E-state index in [0.717, 1.165) is 12.1 Å². The fourth-order valence-electron chi connectivity index (χ4n) is 2.24. The van der Waals surface area contributed by atoms with Gasteiger partial charge in [0.2, 0.25) is 6.08 Å². The van der Waals surface area contributed by atoms with Crippen LogP contribution in [0.15, 0.2) is 11.1 Å². The first-order chi connectivity index (χ1) is 7.79. The lowest BCUT2D eigenvalue weighted by molar-refractivity contribution is 0.496. The summed E-state index contributed by atoms with van der Waals surface area (Å²) in [5.41, 5.74) is 3.04. The highest BCUT2D eigenvalue weighted by atomic mass is 16.1. The minimum Gasteiger partial charge on any atom is -0.349 e. The quantitative estimate of drug-likeness (QED) is 0.581. The largest absolute Gasteiger partial charge is 0.349 e. The summed E-state index contributed by atoms with van der Waals surface area (Å²) in [7, 11) is 0. The SMILES string of the molecule is Cc1cc(C(C)(C)N=C=O)c(C)n1CC(C)C. The maximum Gasteiger partial charge on any atom is 0.235 e. The number of aryl methyl sites for hydroxylation is 1. The number of aliphatic imine (C=N–C) groups is 1. The Kier molecular flexibility index (Phi) is 3.94. The van der Waals surface area contributed by atoms with Crippen molar-refractivity contribution in [3.63, 3.8) is 0 Å². The molecular weight excluding hydrogens is 212 g/mol. The third-order valence-electron chi connectivity index (χ3n) is 3.11. The lowest BCUT2D eigenvalue weighted by Gasteiger charge is -2.19. The molecule has 0 atom stereocenters. The monoisotopic (exact) mass is 234 g/mol. The molecule has 1 heterocycles. The van der Waals surface area contributed by atoms with Crippen molar-refractivity contribution in [1.82, 2.24) is 4.57 Å². The zero-order valence-electron chi connectivity index (χ0n) is 11.7. The van der Waals surface area contributed by atoms with Crippen molar-refractivity contribution in [2.45, 2.75) is 53.6 Å². The Hall–Kier alpha value is -1.34. The first kappa shape index (κ1) is 13.7. The molecule has 0 aliphatic heterocycles. The second-order valence-corrected chi connectivity index (χ2v) is 5.55. The predicted molar refractivity (Wildman–Crippen MR) is 69.9 cm³/mol. The van der Waals surface area contributed by atoms with Gasteiger partial charge in [0.05, 0.1) is 5.54 Å². The molecule has 0 unspecified atom stereocenters. The summed E-state index contributed by atoms with van der Waals surface area (Å²) in [6, 6.07) is 2.12. The molecule has 0 saturated heterocycles. The van der Waals surface area contributed by atoms with Crippen molar-refractivity contribution in [3.8, 4) is 0 Å². The summed E-state index contributed by atoms with van der Waals surface area (Å²) in [5.74, 6) is 0.602. The molecule has 0 aliphatic carbocycles. The molecule has 0 spiro atoms. The molecule has 1 aromatic rings. The third-order valence-corrected chi connectivity index (χ3v) is 3.11. The minimum absolute atomic E-state index is 0.487. The zero-order valence-corrected chi connectivity index (χ0v) is 11.7. The molecule has 0 fully saturated rings. The average molecular weight is 234 g/mol. The summed E-state index contributed by atoms with van der Waals surface area (Å²) < 4.78 is 2.29. The van der Waals surface area contributed by atoms with Crippen LogP contribution in [0, 0.1) is 19.8 Å². The van der Waals surface area contributed by atoms with Crippen LogP contribution in [-0.2, 0) is 16.9 Å². The third kappa shape index (κ3) is 2.86. The highest BCUT2D eigenvalue weighted by Gasteiger charge is 2.25. The summed E-state index contributed by atoms with van der Waals surface area (Å²) in [4.78, 5) is 14.4. The van der Waals surface area contributed by atoms with Crippen LogP contribution >= 0.6 is 0 Å². The van der Waals surface area contributed by atoms with Crippen molar-refractivity contribution in [3.05, 3.63) is 23.0 Å². The van der Waals surface area contributed by atoms with Gasteiger partial charge in [-0.1, -0.05) is 13.8 Å². The second-order valence-electron chi connectivity index (χ2n) is 5.55. The zero-order chi connectivity index (χ0) is 13.2. The maximum atomic E-state index is 10.5. The first-order valence-electron chi connectivity index (χ1n) is 6.06. The summed E-state index contributed by atoms with van der Waals surface area (Å²) in [6.07, 6.45) is 1.67. The summed E-state index contributed by atoms with van der Waals surface area (Å²) >= 11 is 0. The van der Waals surface area contributed by atoms with Gasteiger partial charge in [0.25, 0.3) is 0 Å². The van der Waals surface area contributed by atoms with Crippen LogP contribution in [0.3, 0.4) is 0 Å². The molecule has 94 valence electrons. The van der Waals surface area contributed by atoms with Gasteiger partial charge < -0.3 is 4.57 Å². The fourth-order valence-corrected chi connectivity index (χ4v) is 2.24. The average Bonchev–Trinajstić information content (AvgIpc) is 2.45. The van der Waals surface area contributed by atoms with E-state index >= 15 is 0 Å². The number of nitrogens with zero attached hydrogens (tertiary/aromatic N) is 2. The van der Waals surface area contributed by atoms with Crippen LogP contribution < -0.4 is 0 Å². The van der Waals surface area contributed by atoms with E-state index in [9.17, 15) is 4.79 Å². The molecule has 3 heteroatoms. The number of hydrogen-bond donors (Lipinski definition) is 0. The predicted octanol–water partition coefficient (Wildman–Crippen LogP) is 3.33. The van der Waals surface area contributed by atoms with Gasteiger partial charge >= 0.3 is 0 Å². The van der Waals surface area contributed by atoms with Crippen molar-refractivity contribution < 1.29 is 4.79 Å². The molecule has 0 aliphatic rings. The van der Waals surface area contributed by atoms with Gasteiger partial charge in [0.15, 0.2) is 0 Å². The number of rotatable bonds is 4. The Morgan fingerprint density at radius 1 is 1.41 bits per heavy atom. The van der Waals surface area contributed by atoms with E-state index in [1.165, 1.54) is 11.4 Å². The Morgan fingerprint density at radius 2 is 2.00 bits per heavy atom. The van der Waals surface area contributed by atoms with Gasteiger partial charge in [-0.05, 0) is 39.7 Å². The number of isocyanates is 1. The van der Waals surface area contributed by atoms with E-state index in [2.05, 4.69) is 43.3 Å². The Morgan fingerprint density at radius 3 is 2.47 bits per heavy atom. The Balaban J connectivity index is 3.25. The number of carbonyl (C=O) groups excluding carboxylic acids is 1. The van der Waals surface area contributed by atoms with E-state index in [4.69, 9.17) is 0 Å². The van der Waals surface area contributed by atoms with Gasteiger partial charge in [-0.2, -0.15) is 4.99 Å². The van der Waals surface area contributed by atoms with Crippen LogP contribution in [0.4, 0.5) is 0 Å². The van der Waals surface area contributed by atoms with Crippen molar-refractivity contribution in [1.29, 1.82) is 0 Å². The van der Waals surface area contributed by atoms with Crippen LogP contribution in [0.5, 0.6) is 0 Å². The van der Waals surface area contributed by atoms with Crippen molar-refractivity contribution >= 4 is 6.08 Å². The lowest BCUT2D eigenvalue weighted by Crippen LogP contribution is -2.15. The highest BCUT2D eigenvalue weighted by Crippen LogP contribution is 2.30. The number of aromatic nitrogens is 1. The number of hydrogen-bond acceptors (Lipinski definition) is 2. The summed E-state index contributed by atoms with van der Waals surface area (Å²) in [6.45, 7) is 13.5. The van der Waals surface area contributed by atoms with Crippen molar-refractivity contribution in [2.24, 2.45) is 10.9 Å². The van der Waals surface area contributed by atoms with Gasteiger partial charge in [-0.25, -0.2) is 4.79 Å². The van der Waals surface area contributed by atoms with Crippen LogP contribution in [-0.4, -0.2) is 10.6 Å². The second kappa shape index (κ2) is 4.89. The lowest BCUT2D eigenvalue weighted by atomic mass is 9.95. The molecule has 0 aromatic carbocycles. The maximum absolute atomic E-state index is 10.5. The molecule has 0 radical (unpaired) electrons. The van der Waals surface area contributed by atoms with E-state index < -0.39 is 5.54 Å². The van der Waals surface area contributed by atoms with Crippen LogP contribution in [0.2, 0.25) is 0 Å². The van der Waals surface area contributed by atoms with Gasteiger partial charge in [-0.15, -0.1) is 0 Å². The standard InChI is InChI=1S/C14H22N2O/c1-10(2)8-16-11(3)7-13(12(16)4)14(5,6)15-9-17/h7,10H,8H2,1-6H3. The molecule has 0 bridgehead atoms. The van der Waals surface area contributed by atoms with E-state index in [-0.39, 0.29) is 0 Å². The van der Waals surface area contributed by atoms with Crippen LogP contribution in [0.1, 0.15) is 44.6 Å². The molecule has 0 saturated carbocycles. The first-order valence-corrected chi connectivity index (χ1v) is 6.06. The molecule has 0 amide bonds. The fraction of sp³-hybridized carbons (Fsp3) is 0.643. The Bertz CT molecular complexity index is 449. The normalized spacial score (nSPS) is 11.7. The summed E-state index contributed by atoms with van der Waals surface area (Å²) in [5, 5.41) is 0. The van der Waals surface area contributed by atoms with Gasteiger partial charge in [0.1, 0.15) is 0 Å². The molecule has 17 heavy (non-hydrogen) atoms. The van der Waals surface area contributed by atoms with E-state index in [1.54, 1.807) is 6.08 Å². The smallest absolute Gasteiger partial charge is 0.235 e. The topological polar surface area (TPSA) is 34.4 Å². The highest BCUT2D eigenvalue weighted by molar-refractivity contribution is 5.40. The molecule has 1 rings (SSSR count). The van der Waals surface area contributed by atoms with Crippen molar-refractivity contribution in [2.75, 3.05) is 0 Å². The molecule has 0 N–H and O–H groups in total. The van der Waals surface area contributed by atoms with E-state index in [1.807, 2.05) is 13.8 Å².